The van der Waals surface area contributed by atoms with Gasteiger partial charge in [-0.3, -0.25) is 10.1 Å². The van der Waals surface area contributed by atoms with Gasteiger partial charge in [0, 0.05) is 23.1 Å². The number of rotatable bonds is 5. The second kappa shape index (κ2) is 6.64. The molecule has 4 aromatic rings. The van der Waals surface area contributed by atoms with Gasteiger partial charge in [-0.1, -0.05) is 53.7 Å². The number of nitro benzene ring substituents is 1. The fraction of sp³-hybridized carbons (Fsp3) is 0.0526. The fourth-order valence-corrected chi connectivity index (χ4v) is 2.65. The normalized spacial score (nSPS) is 10.8. The molecule has 0 aliphatic rings. The van der Waals surface area contributed by atoms with Crippen molar-refractivity contribution in [3.05, 3.63) is 82.7 Å². The Morgan fingerprint density at radius 3 is 2.73 bits per heavy atom. The van der Waals surface area contributed by atoms with Crippen LogP contribution in [-0.4, -0.2) is 15.1 Å². The van der Waals surface area contributed by atoms with Crippen LogP contribution in [-0.2, 0) is 6.61 Å². The molecule has 0 fully saturated rings. The summed E-state index contributed by atoms with van der Waals surface area (Å²) in [5, 5.41) is 16.8. The number of ether oxygens (including phenoxy) is 1. The molecule has 0 unspecified atom stereocenters. The lowest BCUT2D eigenvalue weighted by Gasteiger charge is -2.06. The Morgan fingerprint density at radius 2 is 1.85 bits per heavy atom. The molecule has 7 nitrogen and oxygen atoms in total. The first-order chi connectivity index (χ1) is 12.7. The molecule has 0 aliphatic carbocycles. The van der Waals surface area contributed by atoms with E-state index in [1.165, 1.54) is 12.1 Å². The number of hydrogen-bond acceptors (Lipinski definition) is 6. The summed E-state index contributed by atoms with van der Waals surface area (Å²) in [4.78, 5) is 14.7. The van der Waals surface area contributed by atoms with E-state index in [9.17, 15) is 10.1 Å². The first kappa shape index (κ1) is 15.8. The van der Waals surface area contributed by atoms with Gasteiger partial charge in [-0.15, -0.1) is 0 Å². The number of aromatic nitrogens is 2. The molecule has 128 valence electrons. The van der Waals surface area contributed by atoms with E-state index in [0.717, 1.165) is 16.5 Å². The molecule has 7 heteroatoms. The van der Waals surface area contributed by atoms with E-state index in [4.69, 9.17) is 9.26 Å². The zero-order valence-electron chi connectivity index (χ0n) is 13.5. The van der Waals surface area contributed by atoms with Gasteiger partial charge in [0.25, 0.3) is 11.6 Å². The highest BCUT2D eigenvalue weighted by Crippen LogP contribution is 2.26. The summed E-state index contributed by atoms with van der Waals surface area (Å²) in [6, 6.07) is 19.8. The molecule has 3 aromatic carbocycles. The van der Waals surface area contributed by atoms with Crippen molar-refractivity contribution in [3.8, 4) is 17.1 Å². The lowest BCUT2D eigenvalue weighted by molar-refractivity contribution is -0.384. The average Bonchev–Trinajstić information content (AvgIpc) is 3.15. The molecule has 0 N–H and O–H groups in total. The van der Waals surface area contributed by atoms with Crippen LogP contribution < -0.4 is 4.74 Å². The molecule has 0 bridgehead atoms. The van der Waals surface area contributed by atoms with Crippen molar-refractivity contribution in [3.63, 3.8) is 0 Å². The molecule has 0 aliphatic heterocycles. The van der Waals surface area contributed by atoms with Crippen molar-refractivity contribution < 1.29 is 14.2 Å². The fourth-order valence-electron chi connectivity index (χ4n) is 2.65. The zero-order valence-corrected chi connectivity index (χ0v) is 13.5. The topological polar surface area (TPSA) is 91.3 Å². The van der Waals surface area contributed by atoms with Crippen molar-refractivity contribution in [2.45, 2.75) is 6.61 Å². The van der Waals surface area contributed by atoms with Crippen molar-refractivity contribution in [2.24, 2.45) is 0 Å². The van der Waals surface area contributed by atoms with Gasteiger partial charge >= 0.3 is 0 Å². The predicted molar refractivity (Wildman–Crippen MR) is 94.7 cm³/mol. The Bertz CT molecular complexity index is 1090. The van der Waals surface area contributed by atoms with Gasteiger partial charge < -0.3 is 9.26 Å². The summed E-state index contributed by atoms with van der Waals surface area (Å²) in [7, 11) is 0. The monoisotopic (exact) mass is 347 g/mol. The van der Waals surface area contributed by atoms with Crippen molar-refractivity contribution in [1.82, 2.24) is 10.1 Å². The summed E-state index contributed by atoms with van der Waals surface area (Å²) >= 11 is 0. The lowest BCUT2D eigenvalue weighted by atomic mass is 10.1. The molecule has 0 saturated carbocycles. The van der Waals surface area contributed by atoms with E-state index in [2.05, 4.69) is 10.1 Å². The summed E-state index contributed by atoms with van der Waals surface area (Å²) in [6.45, 7) is 0.107. The molecule has 1 aromatic heterocycles. The van der Waals surface area contributed by atoms with Gasteiger partial charge in [0.2, 0.25) is 5.82 Å². The third-order valence-electron chi connectivity index (χ3n) is 3.88. The maximum atomic E-state index is 10.9. The number of nitro groups is 1. The van der Waals surface area contributed by atoms with Crippen molar-refractivity contribution >= 4 is 16.5 Å². The van der Waals surface area contributed by atoms with Crippen LogP contribution in [0.1, 0.15) is 5.89 Å². The third kappa shape index (κ3) is 3.10. The van der Waals surface area contributed by atoms with Gasteiger partial charge in [-0.25, -0.2) is 0 Å². The quantitative estimate of drug-likeness (QED) is 0.393. The van der Waals surface area contributed by atoms with Gasteiger partial charge in [-0.05, 0) is 11.5 Å². The minimum Gasteiger partial charge on any atom is -0.483 e. The minimum atomic E-state index is -0.464. The van der Waals surface area contributed by atoms with Gasteiger partial charge in [-0.2, -0.15) is 4.98 Å². The number of benzene rings is 3. The second-order valence-corrected chi connectivity index (χ2v) is 5.59. The van der Waals surface area contributed by atoms with Crippen LogP contribution in [0.2, 0.25) is 0 Å². The summed E-state index contributed by atoms with van der Waals surface area (Å²) in [6.07, 6.45) is 0. The molecule has 1 heterocycles. The Labute approximate surface area is 148 Å². The Balaban J connectivity index is 1.54. The largest absolute Gasteiger partial charge is 0.483 e. The SMILES string of the molecule is O=[N+]([O-])c1cccc(-c2noc(COc3cccc4ccccc34)n2)c1. The number of nitrogens with zero attached hydrogens (tertiary/aromatic N) is 3. The van der Waals surface area contributed by atoms with Crippen LogP contribution >= 0.6 is 0 Å². The molecule has 4 rings (SSSR count). The summed E-state index contributed by atoms with van der Waals surface area (Å²) in [5.74, 6) is 1.29. The number of fused-ring (bicyclic) bond motifs is 1. The van der Waals surface area contributed by atoms with Crippen LogP contribution in [0.25, 0.3) is 22.2 Å². The second-order valence-electron chi connectivity index (χ2n) is 5.59. The highest BCUT2D eigenvalue weighted by molar-refractivity contribution is 5.88. The maximum Gasteiger partial charge on any atom is 0.270 e. The van der Waals surface area contributed by atoms with Crippen LogP contribution in [0.5, 0.6) is 5.75 Å². The molecular weight excluding hydrogens is 334 g/mol. The van der Waals surface area contributed by atoms with Crippen LogP contribution in [0.3, 0.4) is 0 Å². The molecule has 0 amide bonds. The Hall–Kier alpha value is -3.74. The van der Waals surface area contributed by atoms with E-state index in [0.29, 0.717) is 11.5 Å². The molecule has 0 spiro atoms. The Morgan fingerprint density at radius 1 is 1.04 bits per heavy atom. The highest BCUT2D eigenvalue weighted by Gasteiger charge is 2.13. The van der Waals surface area contributed by atoms with E-state index in [1.54, 1.807) is 12.1 Å². The van der Waals surface area contributed by atoms with Gasteiger partial charge in [0.1, 0.15) is 5.75 Å². The zero-order chi connectivity index (χ0) is 17.9. The molecular formula is C19H13N3O4. The average molecular weight is 347 g/mol. The standard InChI is InChI=1S/C19H13N3O4/c23-22(24)15-8-3-7-14(11-15)19-20-18(26-21-19)12-25-17-10-4-6-13-5-1-2-9-16(13)17/h1-11H,12H2. The smallest absolute Gasteiger partial charge is 0.270 e. The van der Waals surface area contributed by atoms with E-state index in [1.807, 2.05) is 42.5 Å². The van der Waals surface area contributed by atoms with E-state index < -0.39 is 4.92 Å². The molecule has 0 atom stereocenters. The maximum absolute atomic E-state index is 10.9. The lowest BCUT2D eigenvalue weighted by Crippen LogP contribution is -1.96. The van der Waals surface area contributed by atoms with Crippen LogP contribution in [0, 0.1) is 10.1 Å². The van der Waals surface area contributed by atoms with Crippen molar-refractivity contribution in [1.29, 1.82) is 0 Å². The predicted octanol–water partition coefficient (Wildman–Crippen LogP) is 4.38. The highest BCUT2D eigenvalue weighted by atomic mass is 16.6. The van der Waals surface area contributed by atoms with E-state index >= 15 is 0 Å². The van der Waals surface area contributed by atoms with Gasteiger partial charge in [0.15, 0.2) is 6.61 Å². The van der Waals surface area contributed by atoms with Crippen molar-refractivity contribution in [2.75, 3.05) is 0 Å². The van der Waals surface area contributed by atoms with Gasteiger partial charge in [0.05, 0.1) is 4.92 Å². The minimum absolute atomic E-state index is 0.0270. The Kier molecular flexibility index (Phi) is 4.03. The summed E-state index contributed by atoms with van der Waals surface area (Å²) in [5.41, 5.74) is 0.486. The molecule has 0 radical (unpaired) electrons. The van der Waals surface area contributed by atoms with Crippen LogP contribution in [0.4, 0.5) is 5.69 Å². The molecule has 0 saturated heterocycles. The first-order valence-electron chi connectivity index (χ1n) is 7.89. The summed E-state index contributed by atoms with van der Waals surface area (Å²) < 4.78 is 11.0. The van der Waals surface area contributed by atoms with E-state index in [-0.39, 0.29) is 18.1 Å². The third-order valence-corrected chi connectivity index (χ3v) is 3.88. The van der Waals surface area contributed by atoms with Crippen LogP contribution in [0.15, 0.2) is 71.3 Å². The first-order valence-corrected chi connectivity index (χ1v) is 7.89. The number of non-ortho nitro benzene ring substituents is 1. The number of hydrogen-bond donors (Lipinski definition) is 0. The molecule has 26 heavy (non-hydrogen) atoms.